The zero-order valence-electron chi connectivity index (χ0n) is 10.8. The van der Waals surface area contributed by atoms with Crippen molar-refractivity contribution in [3.8, 4) is 9.75 Å². The smallest absolute Gasteiger partial charge is 0.0882 e. The van der Waals surface area contributed by atoms with Crippen molar-refractivity contribution in [3.05, 3.63) is 34.5 Å². The van der Waals surface area contributed by atoms with Crippen LogP contribution in [0.2, 0.25) is 0 Å². The van der Waals surface area contributed by atoms with Crippen LogP contribution in [-0.4, -0.2) is 5.11 Å². The summed E-state index contributed by atoms with van der Waals surface area (Å²) in [6.45, 7) is 2.21. The first-order valence-corrected chi connectivity index (χ1v) is 8.32. The summed E-state index contributed by atoms with van der Waals surface area (Å²) >= 11 is 3.48. The van der Waals surface area contributed by atoms with Crippen LogP contribution in [0.3, 0.4) is 0 Å². The van der Waals surface area contributed by atoms with Crippen LogP contribution in [0.4, 0.5) is 0 Å². The average molecular weight is 280 g/mol. The molecular formula is C15H20OS2. The van der Waals surface area contributed by atoms with Crippen molar-refractivity contribution in [1.82, 2.24) is 0 Å². The molecule has 3 heteroatoms. The molecule has 0 amide bonds. The summed E-state index contributed by atoms with van der Waals surface area (Å²) < 4.78 is 0. The molecule has 0 fully saturated rings. The molecule has 0 aromatic carbocycles. The molecule has 0 aliphatic carbocycles. The molecule has 0 bridgehead atoms. The number of rotatable bonds is 7. The van der Waals surface area contributed by atoms with Gasteiger partial charge in [-0.05, 0) is 30.0 Å². The van der Waals surface area contributed by atoms with Crippen molar-refractivity contribution < 1.29 is 5.11 Å². The number of aliphatic hydroxyl groups excluding tert-OH is 1. The van der Waals surface area contributed by atoms with Crippen LogP contribution >= 0.6 is 22.7 Å². The van der Waals surface area contributed by atoms with Crippen molar-refractivity contribution in [2.75, 3.05) is 0 Å². The summed E-state index contributed by atoms with van der Waals surface area (Å²) in [6, 6.07) is 8.40. The highest BCUT2D eigenvalue weighted by molar-refractivity contribution is 7.21. The lowest BCUT2D eigenvalue weighted by atomic mass is 10.1. The van der Waals surface area contributed by atoms with E-state index in [1.807, 2.05) is 0 Å². The Morgan fingerprint density at radius 1 is 1.11 bits per heavy atom. The van der Waals surface area contributed by atoms with E-state index in [2.05, 4.69) is 36.6 Å². The second kappa shape index (κ2) is 7.07. The van der Waals surface area contributed by atoms with E-state index in [-0.39, 0.29) is 6.10 Å². The quantitative estimate of drug-likeness (QED) is 0.666. The normalized spacial score (nSPS) is 12.8. The molecule has 0 spiro atoms. The van der Waals surface area contributed by atoms with Gasteiger partial charge in [-0.3, -0.25) is 0 Å². The fourth-order valence-corrected chi connectivity index (χ4v) is 3.85. The molecular weight excluding hydrogens is 260 g/mol. The summed E-state index contributed by atoms with van der Waals surface area (Å²) in [5.41, 5.74) is 0. The maximum absolute atomic E-state index is 10.1. The van der Waals surface area contributed by atoms with E-state index in [0.29, 0.717) is 0 Å². The van der Waals surface area contributed by atoms with E-state index in [4.69, 9.17) is 0 Å². The summed E-state index contributed by atoms with van der Waals surface area (Å²) in [6.07, 6.45) is 5.50. The molecule has 98 valence electrons. The Morgan fingerprint density at radius 2 is 2.00 bits per heavy atom. The molecule has 2 rings (SSSR count). The number of hydrogen-bond acceptors (Lipinski definition) is 3. The van der Waals surface area contributed by atoms with Gasteiger partial charge in [0.2, 0.25) is 0 Å². The highest BCUT2D eigenvalue weighted by Gasteiger charge is 2.11. The Hall–Kier alpha value is -0.640. The number of hydrogen-bond donors (Lipinski definition) is 1. The van der Waals surface area contributed by atoms with Gasteiger partial charge in [-0.25, -0.2) is 0 Å². The van der Waals surface area contributed by atoms with E-state index in [1.165, 1.54) is 29.0 Å². The fourth-order valence-electron chi connectivity index (χ4n) is 1.99. The van der Waals surface area contributed by atoms with Crippen LogP contribution in [0, 0.1) is 0 Å². The molecule has 0 aliphatic rings. The van der Waals surface area contributed by atoms with Crippen LogP contribution in [0.25, 0.3) is 9.75 Å². The summed E-state index contributed by atoms with van der Waals surface area (Å²) in [4.78, 5) is 3.67. The molecule has 18 heavy (non-hydrogen) atoms. The van der Waals surface area contributed by atoms with E-state index >= 15 is 0 Å². The Morgan fingerprint density at radius 3 is 2.72 bits per heavy atom. The predicted molar refractivity (Wildman–Crippen MR) is 81.4 cm³/mol. The summed E-state index contributed by atoms with van der Waals surface area (Å²) in [5.74, 6) is 0. The fraction of sp³-hybridized carbons (Fsp3) is 0.467. The third-order valence-corrected chi connectivity index (χ3v) is 5.30. The first-order chi connectivity index (χ1) is 8.81. The molecule has 0 saturated heterocycles. The van der Waals surface area contributed by atoms with Crippen LogP contribution in [0.15, 0.2) is 29.6 Å². The van der Waals surface area contributed by atoms with E-state index in [9.17, 15) is 5.11 Å². The SMILES string of the molecule is CCCCCCC(O)c1ccc(-c2cccs2)s1. The predicted octanol–water partition coefficient (Wildman–Crippen LogP) is 5.48. The summed E-state index contributed by atoms with van der Waals surface area (Å²) in [5, 5.41) is 12.2. The number of unbranched alkanes of at least 4 members (excludes halogenated alkanes) is 3. The number of thiophene rings is 2. The average Bonchev–Trinajstić information content (AvgIpc) is 3.03. The molecule has 0 saturated carbocycles. The summed E-state index contributed by atoms with van der Waals surface area (Å²) in [7, 11) is 0. The molecule has 1 N–H and O–H groups in total. The highest BCUT2D eigenvalue weighted by Crippen LogP contribution is 2.35. The van der Waals surface area contributed by atoms with Gasteiger partial charge in [0.05, 0.1) is 6.10 Å². The van der Waals surface area contributed by atoms with Crippen molar-refractivity contribution >= 4 is 22.7 Å². The molecule has 2 aromatic rings. The molecule has 0 radical (unpaired) electrons. The molecule has 2 heterocycles. The molecule has 0 aliphatic heterocycles. The Balaban J connectivity index is 1.89. The molecule has 1 atom stereocenters. The van der Waals surface area contributed by atoms with Crippen molar-refractivity contribution in [3.63, 3.8) is 0 Å². The van der Waals surface area contributed by atoms with Gasteiger partial charge in [0, 0.05) is 14.6 Å². The Kier molecular flexibility index (Phi) is 5.42. The first-order valence-electron chi connectivity index (χ1n) is 6.63. The van der Waals surface area contributed by atoms with Gasteiger partial charge in [0.15, 0.2) is 0 Å². The van der Waals surface area contributed by atoms with E-state index < -0.39 is 0 Å². The largest absolute Gasteiger partial charge is 0.388 e. The maximum atomic E-state index is 10.1. The van der Waals surface area contributed by atoms with Crippen LogP contribution < -0.4 is 0 Å². The molecule has 1 nitrogen and oxygen atoms in total. The Bertz CT molecular complexity index is 445. The lowest BCUT2D eigenvalue weighted by Crippen LogP contribution is -1.93. The minimum Gasteiger partial charge on any atom is -0.388 e. The zero-order chi connectivity index (χ0) is 12.8. The van der Waals surface area contributed by atoms with E-state index in [0.717, 1.165) is 17.7 Å². The number of aliphatic hydroxyl groups is 1. The standard InChI is InChI=1S/C15H20OS2/c1-2-3-4-5-7-12(16)13-9-10-15(18-13)14-8-6-11-17-14/h6,8-12,16H,2-5,7H2,1H3. The van der Waals surface area contributed by atoms with Gasteiger partial charge >= 0.3 is 0 Å². The zero-order valence-corrected chi connectivity index (χ0v) is 12.4. The van der Waals surface area contributed by atoms with Crippen LogP contribution in [0.5, 0.6) is 0 Å². The monoisotopic (exact) mass is 280 g/mol. The van der Waals surface area contributed by atoms with Gasteiger partial charge in [-0.2, -0.15) is 0 Å². The molecule has 2 aromatic heterocycles. The molecule has 1 unspecified atom stereocenters. The minimum atomic E-state index is -0.277. The first kappa shape index (κ1) is 13.8. The highest BCUT2D eigenvalue weighted by atomic mass is 32.1. The van der Waals surface area contributed by atoms with Gasteiger partial charge in [0.1, 0.15) is 0 Å². The van der Waals surface area contributed by atoms with Gasteiger partial charge in [-0.1, -0.05) is 38.7 Å². The third-order valence-electron chi connectivity index (χ3n) is 3.05. The second-order valence-corrected chi connectivity index (χ2v) is 6.61. The Labute approximate surface area is 117 Å². The lowest BCUT2D eigenvalue weighted by molar-refractivity contribution is 0.167. The second-order valence-electron chi connectivity index (χ2n) is 4.54. The lowest BCUT2D eigenvalue weighted by Gasteiger charge is -2.07. The maximum Gasteiger partial charge on any atom is 0.0882 e. The van der Waals surface area contributed by atoms with Crippen LogP contribution in [-0.2, 0) is 0 Å². The van der Waals surface area contributed by atoms with Gasteiger partial charge in [-0.15, -0.1) is 22.7 Å². The third kappa shape index (κ3) is 3.67. The van der Waals surface area contributed by atoms with Gasteiger partial charge in [0.25, 0.3) is 0 Å². The van der Waals surface area contributed by atoms with Crippen molar-refractivity contribution in [1.29, 1.82) is 0 Å². The van der Waals surface area contributed by atoms with Crippen molar-refractivity contribution in [2.45, 2.75) is 45.1 Å². The topological polar surface area (TPSA) is 20.2 Å². The van der Waals surface area contributed by atoms with Crippen LogP contribution in [0.1, 0.15) is 50.0 Å². The van der Waals surface area contributed by atoms with Crippen molar-refractivity contribution in [2.24, 2.45) is 0 Å². The van der Waals surface area contributed by atoms with Gasteiger partial charge < -0.3 is 5.11 Å². The van der Waals surface area contributed by atoms with E-state index in [1.54, 1.807) is 22.7 Å². The minimum absolute atomic E-state index is 0.277.